The van der Waals surface area contributed by atoms with Crippen LogP contribution < -0.4 is 21.5 Å². The molecule has 9 heteroatoms. The summed E-state index contributed by atoms with van der Waals surface area (Å²) in [6.07, 6.45) is 4.12. The summed E-state index contributed by atoms with van der Waals surface area (Å²) in [5.41, 5.74) is 6.32. The second-order valence-corrected chi connectivity index (χ2v) is 6.80. The molecule has 1 aliphatic rings. The molecule has 0 amide bonds. The van der Waals surface area contributed by atoms with Gasteiger partial charge in [0.1, 0.15) is 11.5 Å². The Balaban J connectivity index is 2.04. The Bertz CT molecular complexity index is 643. The molecule has 4 N–H and O–H groups in total. The highest BCUT2D eigenvalue weighted by molar-refractivity contribution is 7.80. The Morgan fingerprint density at radius 3 is 2.93 bits per heavy atom. The molecule has 2 heterocycles. The second-order valence-electron chi connectivity index (χ2n) is 6.39. The quantitative estimate of drug-likeness (QED) is 0.158. The first-order chi connectivity index (χ1) is 13.1. The van der Waals surface area contributed by atoms with Crippen LogP contribution in [-0.4, -0.2) is 54.3 Å². The van der Waals surface area contributed by atoms with Crippen LogP contribution in [0.1, 0.15) is 45.1 Å². The van der Waals surface area contributed by atoms with Gasteiger partial charge in [-0.3, -0.25) is 21.1 Å². The summed E-state index contributed by atoms with van der Waals surface area (Å²) in [5.74, 6) is 1.58. The number of thiocarbonyl (C=S) groups is 1. The zero-order valence-corrected chi connectivity index (χ0v) is 17.2. The smallest absolute Gasteiger partial charge is 0.186 e. The molecule has 1 aromatic heterocycles. The molecule has 0 spiro atoms. The van der Waals surface area contributed by atoms with E-state index in [1.54, 1.807) is 6.21 Å². The third-order valence-corrected chi connectivity index (χ3v) is 4.55. The third-order valence-electron chi connectivity index (χ3n) is 4.31. The largest absolute Gasteiger partial charge is 0.458 e. The van der Waals surface area contributed by atoms with E-state index in [0.29, 0.717) is 29.3 Å². The van der Waals surface area contributed by atoms with Crippen molar-refractivity contribution in [2.45, 2.75) is 46.2 Å². The number of likely N-dealkylation sites (tertiary alicyclic amines) is 1. The number of nitrogens with zero attached hydrogens (tertiary/aromatic N) is 3. The monoisotopic (exact) mass is 393 g/mol. The van der Waals surface area contributed by atoms with Crippen molar-refractivity contribution < 1.29 is 4.42 Å². The summed E-state index contributed by atoms with van der Waals surface area (Å²) in [4.78, 5) is 2.43. The van der Waals surface area contributed by atoms with Gasteiger partial charge < -0.3 is 9.73 Å². The molecule has 2 rings (SSSR count). The molecule has 0 aliphatic carbocycles. The minimum absolute atomic E-state index is 0.460. The zero-order chi connectivity index (χ0) is 19.5. The molecule has 8 nitrogen and oxygen atoms in total. The maximum absolute atomic E-state index is 6.02. The van der Waals surface area contributed by atoms with Gasteiger partial charge in [0.2, 0.25) is 0 Å². The summed E-state index contributed by atoms with van der Waals surface area (Å²) in [5, 5.41) is 15.1. The fourth-order valence-corrected chi connectivity index (χ4v) is 3.01. The maximum atomic E-state index is 6.02. The standard InChI is InChI=1S/C18H31N7OS/c1-4-19-13-22-21-11-16(23-24-18(27)20-5-2)17-9-8-15(26-17)12-25-10-6-7-14(25)3/h8-9,11,14,19,22H,4-7,10,12-13H2,1-3H3,(H2,20,24,27)/b21-11+,23-16-. The Kier molecular flexibility index (Phi) is 9.23. The molecule has 1 unspecified atom stereocenters. The van der Waals surface area contributed by atoms with Crippen LogP contribution in [-0.2, 0) is 6.54 Å². The number of hydrazone groups is 2. The van der Waals surface area contributed by atoms with E-state index in [0.717, 1.165) is 31.9 Å². The molecule has 1 atom stereocenters. The van der Waals surface area contributed by atoms with Crippen LogP contribution in [0.2, 0.25) is 0 Å². The first-order valence-corrected chi connectivity index (χ1v) is 9.96. The molecular weight excluding hydrogens is 362 g/mol. The van der Waals surface area contributed by atoms with Crippen LogP contribution in [0.4, 0.5) is 0 Å². The summed E-state index contributed by atoms with van der Waals surface area (Å²) >= 11 is 5.17. The number of hydrogen-bond donors (Lipinski definition) is 4. The Morgan fingerprint density at radius 2 is 2.22 bits per heavy atom. The van der Waals surface area contributed by atoms with Crippen LogP contribution >= 0.6 is 12.2 Å². The van der Waals surface area contributed by atoms with E-state index >= 15 is 0 Å². The molecule has 0 saturated carbocycles. The van der Waals surface area contributed by atoms with E-state index < -0.39 is 0 Å². The van der Waals surface area contributed by atoms with Gasteiger partial charge in [0.15, 0.2) is 10.9 Å². The van der Waals surface area contributed by atoms with Crippen LogP contribution in [0.5, 0.6) is 0 Å². The average molecular weight is 394 g/mol. The molecule has 150 valence electrons. The third kappa shape index (κ3) is 7.28. The lowest BCUT2D eigenvalue weighted by Crippen LogP contribution is -2.32. The van der Waals surface area contributed by atoms with Crippen molar-refractivity contribution in [2.75, 3.05) is 26.3 Å². The van der Waals surface area contributed by atoms with E-state index in [2.05, 4.69) is 43.5 Å². The van der Waals surface area contributed by atoms with Crippen LogP contribution in [0.25, 0.3) is 0 Å². The molecule has 0 radical (unpaired) electrons. The predicted octanol–water partition coefficient (Wildman–Crippen LogP) is 1.59. The van der Waals surface area contributed by atoms with Gasteiger partial charge in [0.05, 0.1) is 19.4 Å². The van der Waals surface area contributed by atoms with Gasteiger partial charge >= 0.3 is 0 Å². The molecule has 1 saturated heterocycles. The van der Waals surface area contributed by atoms with Gasteiger partial charge in [0, 0.05) is 12.6 Å². The zero-order valence-electron chi connectivity index (χ0n) is 16.4. The van der Waals surface area contributed by atoms with E-state index in [4.69, 9.17) is 16.6 Å². The molecule has 27 heavy (non-hydrogen) atoms. The molecule has 1 fully saturated rings. The van der Waals surface area contributed by atoms with Crippen molar-refractivity contribution >= 4 is 29.3 Å². The Morgan fingerprint density at radius 1 is 1.37 bits per heavy atom. The summed E-state index contributed by atoms with van der Waals surface area (Å²) in [6.45, 7) is 10.4. The fourth-order valence-electron chi connectivity index (χ4n) is 2.82. The van der Waals surface area contributed by atoms with E-state index in [-0.39, 0.29) is 0 Å². The first kappa shape index (κ1) is 21.3. The van der Waals surface area contributed by atoms with E-state index in [1.807, 2.05) is 26.0 Å². The number of hydrogen-bond acceptors (Lipinski definition) is 7. The average Bonchev–Trinajstić information content (AvgIpc) is 3.27. The SMILES string of the molecule is CCNCN/N=C/C(=N/NC(=S)NCC)c1ccc(CN2CCCC2C)o1. The predicted molar refractivity (Wildman–Crippen MR) is 114 cm³/mol. The van der Waals surface area contributed by atoms with Crippen LogP contribution in [0.3, 0.4) is 0 Å². The van der Waals surface area contributed by atoms with Gasteiger partial charge in [-0.1, -0.05) is 6.92 Å². The fraction of sp³-hybridized carbons (Fsp3) is 0.611. The van der Waals surface area contributed by atoms with Gasteiger partial charge in [-0.25, -0.2) is 0 Å². The van der Waals surface area contributed by atoms with E-state index in [1.165, 1.54) is 12.8 Å². The second kappa shape index (κ2) is 11.7. The van der Waals surface area contributed by atoms with Crippen molar-refractivity contribution in [2.24, 2.45) is 10.2 Å². The van der Waals surface area contributed by atoms with Gasteiger partial charge in [0.25, 0.3) is 0 Å². The van der Waals surface area contributed by atoms with Crippen LogP contribution in [0, 0.1) is 0 Å². The maximum Gasteiger partial charge on any atom is 0.186 e. The lowest BCUT2D eigenvalue weighted by molar-refractivity contribution is 0.238. The van der Waals surface area contributed by atoms with Gasteiger partial charge in [-0.2, -0.15) is 10.2 Å². The highest BCUT2D eigenvalue weighted by Gasteiger charge is 2.21. The lowest BCUT2D eigenvalue weighted by atomic mass is 10.2. The summed E-state index contributed by atoms with van der Waals surface area (Å²) in [7, 11) is 0. The topological polar surface area (TPSA) is 89.2 Å². The number of rotatable bonds is 10. The van der Waals surface area contributed by atoms with Crippen molar-refractivity contribution in [1.82, 2.24) is 26.4 Å². The molecule has 0 bridgehead atoms. The first-order valence-electron chi connectivity index (χ1n) is 9.55. The molecule has 1 aromatic rings. The van der Waals surface area contributed by atoms with Crippen molar-refractivity contribution in [3.8, 4) is 0 Å². The Hall–Kier alpha value is -1.97. The lowest BCUT2D eigenvalue weighted by Gasteiger charge is -2.19. The van der Waals surface area contributed by atoms with Crippen LogP contribution in [0.15, 0.2) is 26.8 Å². The van der Waals surface area contributed by atoms with Crippen molar-refractivity contribution in [1.29, 1.82) is 0 Å². The van der Waals surface area contributed by atoms with Crippen molar-refractivity contribution in [3.05, 3.63) is 23.7 Å². The normalized spacial score (nSPS) is 18.2. The highest BCUT2D eigenvalue weighted by atomic mass is 32.1. The molecular formula is C18H31N7OS. The number of furan rings is 1. The minimum Gasteiger partial charge on any atom is -0.458 e. The highest BCUT2D eigenvalue weighted by Crippen LogP contribution is 2.20. The minimum atomic E-state index is 0.460. The van der Waals surface area contributed by atoms with Gasteiger partial charge in [-0.05, 0) is 64.1 Å². The van der Waals surface area contributed by atoms with Gasteiger partial charge in [-0.15, -0.1) is 0 Å². The summed E-state index contributed by atoms with van der Waals surface area (Å²) in [6, 6.07) is 4.52. The molecule has 0 aromatic carbocycles. The van der Waals surface area contributed by atoms with Crippen molar-refractivity contribution in [3.63, 3.8) is 0 Å². The Labute approximate surface area is 166 Å². The van der Waals surface area contributed by atoms with E-state index in [9.17, 15) is 0 Å². The molecule has 1 aliphatic heterocycles. The summed E-state index contributed by atoms with van der Waals surface area (Å²) < 4.78 is 6.02. The number of nitrogens with one attached hydrogen (secondary N) is 4.